The maximum absolute atomic E-state index is 13.5. The van der Waals surface area contributed by atoms with Crippen LogP contribution < -0.4 is 16.4 Å². The van der Waals surface area contributed by atoms with Gasteiger partial charge in [0.1, 0.15) is 23.7 Å². The summed E-state index contributed by atoms with van der Waals surface area (Å²) in [5.41, 5.74) is 14.9. The highest BCUT2D eigenvalue weighted by Crippen LogP contribution is 2.54. The Kier molecular flexibility index (Phi) is 11.1. The number of aromatic nitrogens is 2. The van der Waals surface area contributed by atoms with Crippen LogP contribution in [0.3, 0.4) is 0 Å². The van der Waals surface area contributed by atoms with Crippen LogP contribution in [0.15, 0.2) is 47.6 Å². The van der Waals surface area contributed by atoms with Crippen molar-refractivity contribution in [3.05, 3.63) is 65.1 Å². The van der Waals surface area contributed by atoms with E-state index in [0.717, 1.165) is 67.0 Å². The van der Waals surface area contributed by atoms with E-state index in [-0.39, 0.29) is 47.2 Å². The van der Waals surface area contributed by atoms with Gasteiger partial charge in [-0.1, -0.05) is 82.7 Å². The molecule has 4 heterocycles. The van der Waals surface area contributed by atoms with E-state index < -0.39 is 18.2 Å². The molecule has 0 radical (unpaired) electrons. The van der Waals surface area contributed by atoms with Crippen molar-refractivity contribution >= 4 is 23.7 Å². The number of hydrogen-bond donors (Lipinski definition) is 5. The summed E-state index contributed by atoms with van der Waals surface area (Å²) in [5.74, 6) is 8.35. The van der Waals surface area contributed by atoms with Gasteiger partial charge in [0, 0.05) is 18.7 Å². The fourth-order valence-electron chi connectivity index (χ4n) is 10.2. The van der Waals surface area contributed by atoms with E-state index in [1.165, 1.54) is 47.9 Å². The second kappa shape index (κ2) is 16.2. The van der Waals surface area contributed by atoms with Crippen molar-refractivity contribution in [1.29, 1.82) is 0 Å². The minimum atomic E-state index is -1.19. The van der Waals surface area contributed by atoms with Crippen molar-refractivity contribution in [1.82, 2.24) is 30.4 Å². The smallest absolute Gasteiger partial charge is 0.405 e. The lowest BCUT2D eigenvalue weighted by molar-refractivity contribution is -0.135. The number of likely N-dealkylation sites (tertiary alicyclic amines) is 2. The molecule has 2 saturated heterocycles. The van der Waals surface area contributed by atoms with Gasteiger partial charge < -0.3 is 36.3 Å². The lowest BCUT2D eigenvalue weighted by atomic mass is 9.76. The van der Waals surface area contributed by atoms with E-state index in [0.29, 0.717) is 19.6 Å². The average molecular weight is 787 g/mol. The van der Waals surface area contributed by atoms with Gasteiger partial charge in [-0.15, -0.1) is 0 Å². The number of aromatic amines is 1. The van der Waals surface area contributed by atoms with E-state index in [4.69, 9.17) is 15.7 Å². The third-order valence-corrected chi connectivity index (χ3v) is 13.4. The lowest BCUT2D eigenvalue weighted by Crippen LogP contribution is -2.55. The Hall–Kier alpha value is -5.15. The summed E-state index contributed by atoms with van der Waals surface area (Å²) >= 11 is 0. The molecule has 1 saturated carbocycles. The highest BCUT2D eigenvalue weighted by Gasteiger charge is 2.44. The minimum absolute atomic E-state index is 0.00178. The molecule has 1 aromatic heterocycles. The van der Waals surface area contributed by atoms with E-state index in [9.17, 15) is 19.5 Å². The summed E-state index contributed by atoms with van der Waals surface area (Å²) in [7, 11) is 0. The minimum Gasteiger partial charge on any atom is -0.465 e. The molecule has 8 rings (SSSR count). The zero-order valence-electron chi connectivity index (χ0n) is 34.3. The average Bonchev–Trinajstić information content (AvgIpc) is 4.07. The van der Waals surface area contributed by atoms with E-state index in [2.05, 4.69) is 63.9 Å². The first-order valence-electron chi connectivity index (χ1n) is 21.4. The molecule has 2 aromatic carbocycles. The monoisotopic (exact) mass is 786 g/mol. The largest absolute Gasteiger partial charge is 0.465 e. The topological polar surface area (TPSA) is 169 Å². The summed E-state index contributed by atoms with van der Waals surface area (Å²) < 4.78 is 0. The molecule has 5 atom stereocenters. The number of rotatable bonds is 9. The summed E-state index contributed by atoms with van der Waals surface area (Å²) in [4.78, 5) is 54.9. The Morgan fingerprint density at radius 2 is 1.59 bits per heavy atom. The van der Waals surface area contributed by atoms with Gasteiger partial charge in [0.25, 0.3) is 0 Å². The standard InChI is InChI=1S/C46H58N8O4/c1-27(2)39(47)43(55)53-23-7-10-37(53)42-49-26-35(51-42)31-13-11-29(12-14-31)33-18-16-30(34-19-22-46(38(33)34)20-5-6-21-46)15-17-32-25-48-41(50-32)36-9-8-24-54(36)44(56)40(28(3)4)52-45(57)58/h11-14,16,18,26-28,32,36-37,39-40,52H,5-10,19-25,47H2,1-4H3,(H,48,50)(H,49,51)(H,57,58). The van der Waals surface area contributed by atoms with Crippen LogP contribution in [0.25, 0.3) is 22.4 Å². The van der Waals surface area contributed by atoms with Crippen LogP contribution in [0.2, 0.25) is 0 Å². The second-order valence-electron chi connectivity index (χ2n) is 17.8. The number of amidine groups is 1. The summed E-state index contributed by atoms with van der Waals surface area (Å²) in [5, 5.41) is 15.3. The number of amides is 3. The van der Waals surface area contributed by atoms with Crippen LogP contribution in [0.1, 0.15) is 114 Å². The maximum atomic E-state index is 13.5. The number of benzene rings is 2. The van der Waals surface area contributed by atoms with Gasteiger partial charge in [-0.05, 0) is 103 Å². The molecule has 5 aliphatic rings. The molecule has 2 aliphatic carbocycles. The molecule has 6 N–H and O–H groups in total. The molecule has 58 heavy (non-hydrogen) atoms. The number of fused-ring (bicyclic) bond motifs is 2. The van der Waals surface area contributed by atoms with Gasteiger partial charge in [0.05, 0.1) is 36.6 Å². The predicted octanol–water partition coefficient (Wildman–Crippen LogP) is 6.15. The highest BCUT2D eigenvalue weighted by molar-refractivity contribution is 5.95. The first kappa shape index (κ1) is 39.7. The van der Waals surface area contributed by atoms with Gasteiger partial charge in [-0.2, -0.15) is 0 Å². The van der Waals surface area contributed by atoms with Gasteiger partial charge in [0.2, 0.25) is 11.8 Å². The van der Waals surface area contributed by atoms with Gasteiger partial charge in [-0.25, -0.2) is 9.78 Å². The van der Waals surface area contributed by atoms with Crippen LogP contribution in [-0.4, -0.2) is 92.4 Å². The maximum Gasteiger partial charge on any atom is 0.405 e. The molecule has 12 heteroatoms. The zero-order valence-corrected chi connectivity index (χ0v) is 34.3. The molecular formula is C46H58N8O4. The number of aliphatic imine (C=N–C) groups is 1. The fraction of sp³-hybridized carbons (Fsp3) is 0.543. The Balaban J connectivity index is 0.994. The van der Waals surface area contributed by atoms with Gasteiger partial charge >= 0.3 is 6.09 Å². The number of nitrogens with zero attached hydrogens (tertiary/aromatic N) is 4. The molecule has 3 aliphatic heterocycles. The van der Waals surface area contributed by atoms with E-state index in [1.807, 2.05) is 38.8 Å². The number of carbonyl (C=O) groups is 3. The zero-order chi connectivity index (χ0) is 40.7. The summed E-state index contributed by atoms with van der Waals surface area (Å²) in [6, 6.07) is 11.5. The first-order chi connectivity index (χ1) is 27.9. The number of nitrogens with two attached hydrogens (primary N) is 1. The fourth-order valence-corrected chi connectivity index (χ4v) is 10.2. The molecule has 5 unspecified atom stereocenters. The number of carboxylic acid groups (broad SMARTS) is 1. The normalized spacial score (nSPS) is 23.2. The number of carbonyl (C=O) groups excluding carboxylic acids is 2. The molecule has 3 aromatic rings. The number of imidazole rings is 1. The molecule has 0 bridgehead atoms. The van der Waals surface area contributed by atoms with Crippen molar-refractivity contribution < 1.29 is 19.5 Å². The summed E-state index contributed by atoms with van der Waals surface area (Å²) in [6.45, 7) is 9.48. The van der Waals surface area contributed by atoms with Crippen LogP contribution in [0.5, 0.6) is 0 Å². The number of hydrogen-bond acceptors (Lipinski definition) is 7. The van der Waals surface area contributed by atoms with Crippen molar-refractivity contribution in [2.75, 3.05) is 19.6 Å². The van der Waals surface area contributed by atoms with Crippen LogP contribution in [0, 0.1) is 23.7 Å². The van der Waals surface area contributed by atoms with Crippen molar-refractivity contribution in [2.45, 2.75) is 128 Å². The van der Waals surface area contributed by atoms with Crippen LogP contribution in [0.4, 0.5) is 4.79 Å². The molecule has 12 nitrogen and oxygen atoms in total. The quantitative estimate of drug-likeness (QED) is 0.162. The highest BCUT2D eigenvalue weighted by atomic mass is 16.4. The van der Waals surface area contributed by atoms with Crippen molar-refractivity contribution in [3.8, 4) is 34.2 Å². The molecule has 306 valence electrons. The second-order valence-corrected chi connectivity index (χ2v) is 17.8. The molecule has 3 fully saturated rings. The van der Waals surface area contributed by atoms with E-state index >= 15 is 0 Å². The Morgan fingerprint density at radius 1 is 0.897 bits per heavy atom. The number of H-pyrrole nitrogens is 1. The SMILES string of the molecule is CC(C)C(N)C(=O)N1CCCC1c1ncc(-c2ccc(-c3ccc(C#CC4CN=C(C5CCCN5C(=O)C(NC(=O)O)C(C)C)N4)c4c3C3(CCCC3)CC4)cc2)[nH]1. The summed E-state index contributed by atoms with van der Waals surface area (Å²) in [6.07, 6.45) is 11.2. The predicted molar refractivity (Wildman–Crippen MR) is 225 cm³/mol. The van der Waals surface area contributed by atoms with Crippen LogP contribution in [-0.2, 0) is 21.4 Å². The van der Waals surface area contributed by atoms with Crippen molar-refractivity contribution in [2.24, 2.45) is 22.6 Å². The number of nitrogens with one attached hydrogen (secondary N) is 3. The van der Waals surface area contributed by atoms with E-state index in [1.54, 1.807) is 4.90 Å². The van der Waals surface area contributed by atoms with Crippen LogP contribution >= 0.6 is 0 Å². The lowest BCUT2D eigenvalue weighted by Gasteiger charge is -2.30. The van der Waals surface area contributed by atoms with Gasteiger partial charge in [-0.3, -0.25) is 14.6 Å². The third-order valence-electron chi connectivity index (χ3n) is 13.4. The molecular weight excluding hydrogens is 729 g/mol. The Labute approximate surface area is 341 Å². The molecule has 1 spiro atoms. The van der Waals surface area contributed by atoms with Crippen molar-refractivity contribution in [3.63, 3.8) is 0 Å². The van der Waals surface area contributed by atoms with Gasteiger partial charge in [0.15, 0.2) is 0 Å². The molecule has 3 amide bonds. The third kappa shape index (κ3) is 7.49. The first-order valence-corrected chi connectivity index (χ1v) is 21.4. The Bertz CT molecular complexity index is 2140. The Morgan fingerprint density at radius 3 is 2.28 bits per heavy atom.